The molecule has 1 aliphatic heterocycles. The molecule has 0 spiro atoms. The number of rotatable bonds is 3. The minimum absolute atomic E-state index is 0.754. The molecular formula is C15H19ClN4. The molecular weight excluding hydrogens is 272 g/mol. The van der Waals surface area contributed by atoms with E-state index >= 15 is 0 Å². The van der Waals surface area contributed by atoms with Crippen LogP contribution in [0.25, 0.3) is 5.65 Å². The highest BCUT2D eigenvalue weighted by Crippen LogP contribution is 2.34. The maximum Gasteiger partial charge on any atom is 0.181 e. The Kier molecular flexibility index (Phi) is 3.06. The van der Waals surface area contributed by atoms with Crippen LogP contribution in [0.2, 0.25) is 5.02 Å². The average molecular weight is 291 g/mol. The van der Waals surface area contributed by atoms with Gasteiger partial charge in [0, 0.05) is 25.7 Å². The van der Waals surface area contributed by atoms with Crippen molar-refractivity contribution in [3.63, 3.8) is 0 Å². The van der Waals surface area contributed by atoms with Gasteiger partial charge in [-0.3, -0.25) is 4.40 Å². The lowest BCUT2D eigenvalue weighted by atomic mass is 10.1. The Labute approximate surface area is 123 Å². The van der Waals surface area contributed by atoms with Crippen LogP contribution in [0.5, 0.6) is 0 Å². The van der Waals surface area contributed by atoms with Gasteiger partial charge in [-0.15, -0.1) is 10.2 Å². The third-order valence-electron chi connectivity index (χ3n) is 4.43. The lowest BCUT2D eigenvalue weighted by Gasteiger charge is -2.29. The zero-order valence-electron chi connectivity index (χ0n) is 11.6. The molecule has 0 N–H and O–H groups in total. The molecule has 0 aromatic carbocycles. The van der Waals surface area contributed by atoms with Crippen LogP contribution < -0.4 is 4.90 Å². The Balaban J connectivity index is 1.71. The molecule has 20 heavy (non-hydrogen) atoms. The second-order valence-electron chi connectivity index (χ2n) is 6.02. The van der Waals surface area contributed by atoms with Gasteiger partial charge < -0.3 is 4.90 Å². The molecule has 2 aromatic heterocycles. The highest BCUT2D eigenvalue weighted by atomic mass is 35.5. The summed E-state index contributed by atoms with van der Waals surface area (Å²) < 4.78 is 2.06. The Morgan fingerprint density at radius 2 is 1.95 bits per heavy atom. The Morgan fingerprint density at radius 3 is 2.70 bits per heavy atom. The van der Waals surface area contributed by atoms with Gasteiger partial charge in [-0.05, 0) is 44.1 Å². The monoisotopic (exact) mass is 290 g/mol. The molecule has 1 saturated carbocycles. The van der Waals surface area contributed by atoms with Crippen molar-refractivity contribution in [3.8, 4) is 0 Å². The van der Waals surface area contributed by atoms with Gasteiger partial charge in [-0.25, -0.2) is 0 Å². The molecule has 3 heterocycles. The number of halogens is 1. The molecule has 2 fully saturated rings. The van der Waals surface area contributed by atoms with Gasteiger partial charge in [-0.1, -0.05) is 11.6 Å². The molecule has 1 saturated heterocycles. The van der Waals surface area contributed by atoms with Crippen LogP contribution in [0.4, 0.5) is 5.69 Å². The molecule has 0 bridgehead atoms. The standard InChI is InChI=1S/C15H19ClN4/c16-14-12(19-7-2-1-3-8-19)6-9-20-13(10-11-4-5-11)17-18-15(14)20/h6,9,11H,1-5,7-8,10H2. The van der Waals surface area contributed by atoms with E-state index in [1.807, 2.05) is 0 Å². The fraction of sp³-hybridized carbons (Fsp3) is 0.600. The summed E-state index contributed by atoms with van der Waals surface area (Å²) >= 11 is 6.58. The molecule has 106 valence electrons. The first kappa shape index (κ1) is 12.5. The minimum atomic E-state index is 0.754. The maximum atomic E-state index is 6.58. The van der Waals surface area contributed by atoms with Crippen molar-refractivity contribution in [1.29, 1.82) is 0 Å². The molecule has 4 nitrogen and oxygen atoms in total. The largest absolute Gasteiger partial charge is 0.370 e. The van der Waals surface area contributed by atoms with E-state index in [9.17, 15) is 0 Å². The van der Waals surface area contributed by atoms with Crippen LogP contribution >= 0.6 is 11.6 Å². The van der Waals surface area contributed by atoms with E-state index < -0.39 is 0 Å². The number of pyridine rings is 1. The molecule has 0 amide bonds. The summed E-state index contributed by atoms with van der Waals surface area (Å²) in [4.78, 5) is 2.38. The van der Waals surface area contributed by atoms with Crippen LogP contribution in [0.15, 0.2) is 12.3 Å². The number of anilines is 1. The Morgan fingerprint density at radius 1 is 1.15 bits per heavy atom. The first-order chi connectivity index (χ1) is 9.83. The SMILES string of the molecule is Clc1c(N2CCCCC2)ccn2c(CC3CC3)nnc12. The van der Waals surface area contributed by atoms with Crippen molar-refractivity contribution in [1.82, 2.24) is 14.6 Å². The van der Waals surface area contributed by atoms with Crippen molar-refractivity contribution in [2.24, 2.45) is 5.92 Å². The smallest absolute Gasteiger partial charge is 0.181 e. The van der Waals surface area contributed by atoms with Gasteiger partial charge in [0.05, 0.1) is 5.69 Å². The summed E-state index contributed by atoms with van der Waals surface area (Å²) in [6.07, 6.45) is 9.60. The van der Waals surface area contributed by atoms with Gasteiger partial charge in [0.25, 0.3) is 0 Å². The highest BCUT2D eigenvalue weighted by Gasteiger charge is 2.25. The molecule has 0 atom stereocenters. The van der Waals surface area contributed by atoms with Crippen molar-refractivity contribution in [2.75, 3.05) is 18.0 Å². The van der Waals surface area contributed by atoms with Gasteiger partial charge >= 0.3 is 0 Å². The third-order valence-corrected chi connectivity index (χ3v) is 4.80. The number of fused-ring (bicyclic) bond motifs is 1. The van der Waals surface area contributed by atoms with Crippen molar-refractivity contribution in [2.45, 2.75) is 38.5 Å². The highest BCUT2D eigenvalue weighted by molar-refractivity contribution is 6.36. The normalized spacial score (nSPS) is 19.8. The first-order valence-corrected chi connectivity index (χ1v) is 7.98. The summed E-state index contributed by atoms with van der Waals surface area (Å²) in [5.41, 5.74) is 1.93. The maximum absolute atomic E-state index is 6.58. The van der Waals surface area contributed by atoms with Crippen LogP contribution in [0, 0.1) is 5.92 Å². The molecule has 2 aliphatic rings. The molecule has 0 unspecified atom stereocenters. The summed E-state index contributed by atoms with van der Waals surface area (Å²) in [5, 5.41) is 9.40. The lowest BCUT2D eigenvalue weighted by molar-refractivity contribution is 0.578. The molecule has 1 aliphatic carbocycles. The minimum Gasteiger partial charge on any atom is -0.370 e. The topological polar surface area (TPSA) is 33.4 Å². The van der Waals surface area contributed by atoms with E-state index in [1.165, 1.54) is 32.1 Å². The van der Waals surface area contributed by atoms with E-state index in [-0.39, 0.29) is 0 Å². The van der Waals surface area contributed by atoms with Crippen LogP contribution in [0.1, 0.15) is 37.9 Å². The van der Waals surface area contributed by atoms with Crippen LogP contribution in [-0.2, 0) is 6.42 Å². The van der Waals surface area contributed by atoms with Gasteiger partial charge in [0.2, 0.25) is 0 Å². The number of hydrogen-bond acceptors (Lipinski definition) is 3. The summed E-state index contributed by atoms with van der Waals surface area (Å²) in [7, 11) is 0. The quantitative estimate of drug-likeness (QED) is 0.869. The van der Waals surface area contributed by atoms with E-state index in [0.717, 1.165) is 47.6 Å². The molecule has 2 aromatic rings. The summed E-state index contributed by atoms with van der Waals surface area (Å²) in [6, 6.07) is 2.13. The van der Waals surface area contributed by atoms with E-state index in [1.54, 1.807) is 0 Å². The van der Waals surface area contributed by atoms with E-state index in [4.69, 9.17) is 11.6 Å². The lowest BCUT2D eigenvalue weighted by Crippen LogP contribution is -2.29. The van der Waals surface area contributed by atoms with Crippen LogP contribution in [-0.4, -0.2) is 27.7 Å². The van der Waals surface area contributed by atoms with E-state index in [2.05, 4.69) is 31.8 Å². The average Bonchev–Trinajstić information content (AvgIpc) is 3.20. The zero-order chi connectivity index (χ0) is 13.5. The number of hydrogen-bond donors (Lipinski definition) is 0. The summed E-state index contributed by atoms with van der Waals surface area (Å²) in [5.74, 6) is 1.86. The second kappa shape index (κ2) is 4.92. The van der Waals surface area contributed by atoms with Crippen molar-refractivity contribution < 1.29 is 0 Å². The van der Waals surface area contributed by atoms with Gasteiger partial charge in [0.1, 0.15) is 10.8 Å². The van der Waals surface area contributed by atoms with Crippen molar-refractivity contribution >= 4 is 22.9 Å². The molecule has 0 radical (unpaired) electrons. The summed E-state index contributed by atoms with van der Waals surface area (Å²) in [6.45, 7) is 2.19. The van der Waals surface area contributed by atoms with Crippen LogP contribution in [0.3, 0.4) is 0 Å². The fourth-order valence-electron chi connectivity index (χ4n) is 3.06. The van der Waals surface area contributed by atoms with Crippen molar-refractivity contribution in [3.05, 3.63) is 23.1 Å². The zero-order valence-corrected chi connectivity index (χ0v) is 12.3. The molecule has 4 rings (SSSR count). The first-order valence-electron chi connectivity index (χ1n) is 7.60. The fourth-order valence-corrected chi connectivity index (χ4v) is 3.37. The number of piperidine rings is 1. The van der Waals surface area contributed by atoms with Gasteiger partial charge in [-0.2, -0.15) is 0 Å². The Hall–Kier alpha value is -1.29. The van der Waals surface area contributed by atoms with Gasteiger partial charge in [0.15, 0.2) is 5.65 Å². The number of nitrogens with zero attached hydrogens (tertiary/aromatic N) is 4. The Bertz CT molecular complexity index is 626. The second-order valence-corrected chi connectivity index (χ2v) is 6.40. The third kappa shape index (κ3) is 2.16. The molecule has 5 heteroatoms. The van der Waals surface area contributed by atoms with E-state index in [0.29, 0.717) is 0 Å². The number of aromatic nitrogens is 3. The predicted molar refractivity (Wildman–Crippen MR) is 80.5 cm³/mol. The predicted octanol–water partition coefficient (Wildman–Crippen LogP) is 3.33.